The van der Waals surface area contributed by atoms with Crippen LogP contribution in [0, 0.1) is 17.8 Å². The molecule has 612 valence electrons. The lowest BCUT2D eigenvalue weighted by Crippen LogP contribution is -2.57. The number of thiazole rings is 1. The molecule has 22 nitrogen and oxygen atoms in total. The maximum Gasteiger partial charge on any atom is 0.501 e. The van der Waals surface area contributed by atoms with Crippen LogP contribution >= 0.6 is 34.7 Å². The number of benzene rings is 5. The van der Waals surface area contributed by atoms with Crippen molar-refractivity contribution in [2.45, 2.75) is 182 Å². The lowest BCUT2D eigenvalue weighted by atomic mass is 9.71. The van der Waals surface area contributed by atoms with Crippen LogP contribution in [0.5, 0.6) is 0 Å². The summed E-state index contributed by atoms with van der Waals surface area (Å²) in [7, 11) is -11.0. The van der Waals surface area contributed by atoms with Crippen molar-refractivity contribution in [2.75, 3.05) is 108 Å². The second kappa shape index (κ2) is 38.5. The van der Waals surface area contributed by atoms with Crippen LogP contribution in [0.3, 0.4) is 0 Å². The summed E-state index contributed by atoms with van der Waals surface area (Å²) < 4.78 is 105. The molecule has 7 atom stereocenters. The molecule has 113 heavy (non-hydrogen) atoms. The highest BCUT2D eigenvalue weighted by atomic mass is 35.5. The lowest BCUT2D eigenvalue weighted by molar-refractivity contribution is -0.144. The molecular formula is C83H107ClF3N11O11S4. The van der Waals surface area contributed by atoms with E-state index in [-0.39, 0.29) is 60.2 Å². The first kappa shape index (κ1) is 86.4. The Hall–Kier alpha value is -7.45. The first-order valence-corrected chi connectivity index (χ1v) is 44.4. The molecule has 5 aliphatic rings. The number of nitrogens with one attached hydrogen (secondary N) is 5. The van der Waals surface area contributed by atoms with Crippen molar-refractivity contribution in [3.05, 3.63) is 160 Å². The number of amides is 5. The predicted octanol–water partition coefficient (Wildman–Crippen LogP) is 12.5. The molecule has 5 amide bonds. The third kappa shape index (κ3) is 23.4. The van der Waals surface area contributed by atoms with E-state index in [2.05, 4.69) is 64.9 Å². The Morgan fingerprint density at radius 2 is 1.47 bits per heavy atom. The number of alkyl halides is 3. The van der Waals surface area contributed by atoms with E-state index >= 15 is 0 Å². The molecular weight excluding hydrogens is 1550 g/mol. The number of allylic oxidation sites excluding steroid dienone is 1. The van der Waals surface area contributed by atoms with Gasteiger partial charge in [-0.25, -0.2) is 26.5 Å². The number of likely N-dealkylation sites (tertiary alicyclic amines) is 2. The van der Waals surface area contributed by atoms with E-state index in [1.807, 2.05) is 112 Å². The van der Waals surface area contributed by atoms with Crippen LogP contribution in [0.2, 0.25) is 5.02 Å². The highest BCUT2D eigenvalue weighted by Gasteiger charge is 2.49. The number of morpholine rings is 1. The van der Waals surface area contributed by atoms with Crippen LogP contribution in [0.15, 0.2) is 147 Å². The molecule has 11 rings (SSSR count). The maximum atomic E-state index is 14.4. The summed E-state index contributed by atoms with van der Waals surface area (Å²) in [4.78, 5) is 83.7. The number of β-amino-alcohol motifs (C(OH)–C–C–N with tert-alkyl or cyclic N) is 1. The van der Waals surface area contributed by atoms with Crippen molar-refractivity contribution in [3.63, 3.8) is 0 Å². The van der Waals surface area contributed by atoms with Gasteiger partial charge in [0.2, 0.25) is 23.6 Å². The van der Waals surface area contributed by atoms with Crippen LogP contribution < -0.4 is 30.9 Å². The fourth-order valence-electron chi connectivity index (χ4n) is 15.9. The second-order valence-electron chi connectivity index (χ2n) is 32.1. The minimum atomic E-state index is -6.11. The maximum absolute atomic E-state index is 14.4. The Kier molecular flexibility index (Phi) is 29.5. The fraction of sp³-hybridized carbons (Fsp3) is 0.518. The first-order valence-electron chi connectivity index (χ1n) is 39.2. The molecule has 1 aromatic heterocycles. The number of hydrogen-bond donors (Lipinski definition) is 6. The number of unbranched alkanes of at least 4 members (excludes halogenated alkanes) is 3. The van der Waals surface area contributed by atoms with Crippen LogP contribution in [-0.2, 0) is 43.8 Å². The zero-order chi connectivity index (χ0) is 80.8. The van der Waals surface area contributed by atoms with Crippen molar-refractivity contribution in [1.82, 2.24) is 45.3 Å². The third-order valence-corrected chi connectivity index (χ3v) is 27.4. The lowest BCUT2D eigenvalue weighted by Gasteiger charge is -2.44. The molecule has 30 heteroatoms. The number of ether oxygens (including phenoxy) is 1. The van der Waals surface area contributed by atoms with Gasteiger partial charge < -0.3 is 45.8 Å². The van der Waals surface area contributed by atoms with E-state index in [9.17, 15) is 59.1 Å². The van der Waals surface area contributed by atoms with E-state index in [1.54, 1.807) is 23.5 Å². The van der Waals surface area contributed by atoms with Gasteiger partial charge in [0.15, 0.2) is 0 Å². The van der Waals surface area contributed by atoms with Gasteiger partial charge in [0.25, 0.3) is 25.8 Å². The Morgan fingerprint density at radius 3 is 2.13 bits per heavy atom. The Bertz CT molecular complexity index is 4520. The smallest absolute Gasteiger partial charge is 0.391 e. The number of nitrogens with zero attached hydrogens (tertiary/aromatic N) is 6. The average Bonchev–Trinajstić information content (AvgIpc) is 1.32. The molecule has 0 radical (unpaired) electrons. The minimum absolute atomic E-state index is 0.0128. The number of aliphatic hydroxyl groups is 1. The zero-order valence-corrected chi connectivity index (χ0v) is 69.3. The number of sulfonamides is 1. The number of hydrogen-bond acceptors (Lipinski definition) is 19. The topological polar surface area (TPSA) is 272 Å². The number of aryl methyl sites for hydroxylation is 1. The molecule has 1 aliphatic carbocycles. The van der Waals surface area contributed by atoms with E-state index < -0.39 is 82.3 Å². The summed E-state index contributed by atoms with van der Waals surface area (Å²) in [6.45, 7) is 20.8. The molecule has 4 saturated heterocycles. The monoisotopic (exact) mass is 1650 g/mol. The van der Waals surface area contributed by atoms with Gasteiger partial charge in [0.1, 0.15) is 17.0 Å². The molecule has 1 unspecified atom stereocenters. The third-order valence-electron chi connectivity index (χ3n) is 22.1. The van der Waals surface area contributed by atoms with Crippen molar-refractivity contribution < 1.29 is 63.8 Å². The van der Waals surface area contributed by atoms with Crippen LogP contribution in [0.4, 0.5) is 24.5 Å². The molecule has 4 fully saturated rings. The number of aliphatic hydroxyl groups excluding tert-OH is 1. The number of piperazine rings is 1. The molecule has 5 heterocycles. The number of halogens is 4. The van der Waals surface area contributed by atoms with E-state index in [0.717, 1.165) is 134 Å². The quantitative estimate of drug-likeness (QED) is 0.0169. The van der Waals surface area contributed by atoms with Gasteiger partial charge in [-0.3, -0.25) is 33.8 Å². The van der Waals surface area contributed by atoms with Crippen molar-refractivity contribution in [2.24, 2.45) is 10.8 Å². The number of anilines is 2. The summed E-state index contributed by atoms with van der Waals surface area (Å²) in [5.74, 6) is -1.77. The first-order chi connectivity index (χ1) is 53.8. The Balaban J connectivity index is 0.626. The molecule has 0 spiro atoms. The number of piperidine rings is 1. The van der Waals surface area contributed by atoms with E-state index in [4.69, 9.17) is 16.3 Å². The number of rotatable bonds is 32. The summed E-state index contributed by atoms with van der Waals surface area (Å²) in [5.41, 5.74) is 2.34. The highest BCUT2D eigenvalue weighted by molar-refractivity contribution is 7.99. The second-order valence-corrected chi connectivity index (χ2v) is 38.1. The largest absolute Gasteiger partial charge is 0.501 e. The Morgan fingerprint density at radius 1 is 0.788 bits per heavy atom. The summed E-state index contributed by atoms with van der Waals surface area (Å²) >= 11 is 9.41. The summed E-state index contributed by atoms with van der Waals surface area (Å²) in [6.07, 6.45) is 7.49. The molecule has 4 aliphatic heterocycles. The predicted molar refractivity (Wildman–Crippen MR) is 438 cm³/mol. The average molecular weight is 1660 g/mol. The zero-order valence-electron chi connectivity index (χ0n) is 65.2. The van der Waals surface area contributed by atoms with Gasteiger partial charge in [-0.1, -0.05) is 112 Å². The SMILES string of the molecule is Cc1ncsc1-c1ccc([C@H](C)NC(=O)[C@@H]2C[C@@H](O)CN2C(=O)[C@@H](NC(=O)CCCCCCC(=O)N[C@H]2CCCN(CC3(C)CCC(c4ccc(Cl)cc4)=C(CN4CCN(c5ccc(C(=O)NS(=O)(=O)c6ccc(N[C@H](CCN7CCOCC7)CSc7ccccc7)c(S(=O)(=O)C(F)(F)F)c6)cc5)CC4)C3)C2)C(C)(C)C)cc1. The molecule has 5 aromatic carbocycles. The van der Waals surface area contributed by atoms with Crippen LogP contribution in [-0.4, -0.2) is 209 Å². The van der Waals surface area contributed by atoms with Gasteiger partial charge >= 0.3 is 5.51 Å². The normalized spacial score (nSPS) is 20.6. The fourth-order valence-corrected chi connectivity index (χ4v) is 19.8. The number of carbonyl (C=O) groups excluding carboxylic acids is 5. The molecule has 0 saturated carbocycles. The van der Waals surface area contributed by atoms with Gasteiger partial charge in [-0.15, -0.1) is 23.1 Å². The van der Waals surface area contributed by atoms with Crippen molar-refractivity contribution in [1.29, 1.82) is 0 Å². The number of thioether (sulfide) groups is 1. The summed E-state index contributed by atoms with van der Waals surface area (Å²) in [5, 5.41) is 23.8. The molecule has 0 bridgehead atoms. The van der Waals surface area contributed by atoms with Gasteiger partial charge in [0, 0.05) is 130 Å². The molecule has 6 aromatic rings. The number of carbonyl (C=O) groups is 5. The van der Waals surface area contributed by atoms with E-state index in [0.29, 0.717) is 88.5 Å². The van der Waals surface area contributed by atoms with Crippen molar-refractivity contribution >= 4 is 101 Å². The van der Waals surface area contributed by atoms with Gasteiger partial charge in [-0.2, -0.15) is 13.2 Å². The van der Waals surface area contributed by atoms with Crippen molar-refractivity contribution in [3.8, 4) is 10.4 Å². The minimum Gasteiger partial charge on any atom is -0.391 e. The Labute approximate surface area is 676 Å². The van der Waals surface area contributed by atoms with Gasteiger partial charge in [-0.05, 0) is 172 Å². The number of aromatic nitrogens is 1. The molecule has 6 N–H and O–H groups in total. The van der Waals surface area contributed by atoms with Crippen LogP contribution in [0.1, 0.15) is 151 Å². The summed E-state index contributed by atoms with van der Waals surface area (Å²) in [6, 6.07) is 31.4. The highest BCUT2D eigenvalue weighted by Crippen LogP contribution is 2.45. The standard InChI is InChI=1S/C83H107ClF3N11O11S4/c1-56(58-20-22-60(23-21-58)76-57(2)88-55-111-76)89-79(103)72-47-67(99)52-98(72)80(104)77(81(3,4)5)92-75(101)19-13-8-7-12-18-74(100)91-64-15-14-37-96(51-64)54-82(6)36-34-70(59-24-28-63(84)29-25-59)62(49-82)50-95-39-41-97(42-40-95)66-30-26-61(27-31-66)78(102)93-113(107,108)69-32-33-71(73(48-69)112(105,106)83(85,86)87)90-65(35-38-94-43-45-109-46-44-94)53-110-68-16-10-9-11-17-68/h9-11,16-17,20-33,48,55-56,64-65,67,72,77,90,99H,7-8,12-15,18-19,34-47,49-54H2,1-6H3,(H,89,103)(H,91,100)(H,92,101)(H,93,102)/t56-,64-,65+,67+,72-,77+,82?/m0/s1. The van der Waals surface area contributed by atoms with E-state index in [1.165, 1.54) is 39.9 Å². The number of sulfone groups is 1. The van der Waals surface area contributed by atoms with Gasteiger partial charge in [0.05, 0.1) is 52.0 Å². The van der Waals surface area contributed by atoms with Crippen LogP contribution in [0.25, 0.3) is 16.0 Å².